The Morgan fingerprint density at radius 3 is 2.00 bits per heavy atom. The fourth-order valence-corrected chi connectivity index (χ4v) is 8.05. The normalized spacial score (nSPS) is 25.9. The predicted molar refractivity (Wildman–Crippen MR) is 230 cm³/mol. The molecule has 0 N–H and O–H groups in total. The lowest BCUT2D eigenvalue weighted by Gasteiger charge is -2.46. The summed E-state index contributed by atoms with van der Waals surface area (Å²) in [4.78, 5) is 0. The molecule has 3 saturated heterocycles. The van der Waals surface area contributed by atoms with Gasteiger partial charge in [0.15, 0.2) is 11.9 Å². The van der Waals surface area contributed by atoms with Crippen LogP contribution in [0.2, 0.25) is 0 Å². The van der Waals surface area contributed by atoms with Gasteiger partial charge in [-0.1, -0.05) is 157 Å². The first-order valence-corrected chi connectivity index (χ1v) is 22.1. The summed E-state index contributed by atoms with van der Waals surface area (Å²) in [6.45, 7) is 11.4. The van der Waals surface area contributed by atoms with Crippen LogP contribution in [-0.2, 0) is 46.4 Å². The topological polar surface area (TPSA) is 64.6 Å². The molecule has 7 nitrogen and oxygen atoms in total. The van der Waals surface area contributed by atoms with E-state index < -0.39 is 36.5 Å². The van der Waals surface area contributed by atoms with Gasteiger partial charge in [0.05, 0.1) is 32.0 Å². The molecule has 0 radical (unpaired) electrons. The monoisotopic (exact) mass is 792 g/mol. The van der Waals surface area contributed by atoms with Crippen LogP contribution in [0.3, 0.4) is 0 Å². The molecule has 0 aromatic heterocycles. The van der Waals surface area contributed by atoms with E-state index in [-0.39, 0.29) is 24.7 Å². The molecule has 3 aliphatic rings. The number of allylic oxidation sites excluding steroid dienone is 1. The molecule has 2 aromatic carbocycles. The van der Waals surface area contributed by atoms with Crippen LogP contribution in [0.4, 0.5) is 0 Å². The molecule has 3 fully saturated rings. The van der Waals surface area contributed by atoms with Crippen LogP contribution in [0.15, 0.2) is 72.5 Å². The van der Waals surface area contributed by atoms with Crippen molar-refractivity contribution in [2.24, 2.45) is 5.92 Å². The van der Waals surface area contributed by atoms with Crippen LogP contribution in [0, 0.1) is 41.4 Å². The molecule has 0 aliphatic carbocycles. The van der Waals surface area contributed by atoms with Gasteiger partial charge in [-0.05, 0) is 86.3 Å². The number of hydrogen-bond acceptors (Lipinski definition) is 7. The Balaban J connectivity index is 1.25. The number of fused-ring (bicyclic) bond motifs is 1. The van der Waals surface area contributed by atoms with Crippen molar-refractivity contribution >= 4 is 0 Å². The molecule has 4 unspecified atom stereocenters. The van der Waals surface area contributed by atoms with Gasteiger partial charge in [0, 0.05) is 0 Å². The summed E-state index contributed by atoms with van der Waals surface area (Å²) in [6.07, 6.45) is 17.2. The maximum absolute atomic E-state index is 6.77. The zero-order valence-corrected chi connectivity index (χ0v) is 35.8. The van der Waals surface area contributed by atoms with Crippen molar-refractivity contribution in [2.75, 3.05) is 6.61 Å². The van der Waals surface area contributed by atoms with E-state index in [1.54, 1.807) is 6.92 Å². The molecule has 3 aliphatic heterocycles. The van der Waals surface area contributed by atoms with E-state index in [1.807, 2.05) is 50.2 Å². The Labute approximate surface area is 350 Å². The summed E-state index contributed by atoms with van der Waals surface area (Å²) in [6, 6.07) is 20.3. The van der Waals surface area contributed by atoms with E-state index in [0.29, 0.717) is 13.2 Å². The summed E-state index contributed by atoms with van der Waals surface area (Å²) < 4.78 is 45.9. The zero-order chi connectivity index (χ0) is 40.8. The lowest BCUT2D eigenvalue weighted by atomic mass is 9.91. The predicted octanol–water partition coefficient (Wildman–Crippen LogP) is 10.8. The lowest BCUT2D eigenvalue weighted by Crippen LogP contribution is -2.60. The van der Waals surface area contributed by atoms with Gasteiger partial charge in [-0.25, -0.2) is 0 Å². The molecule has 3 heterocycles. The maximum atomic E-state index is 6.77. The molecule has 2 aromatic rings. The van der Waals surface area contributed by atoms with Gasteiger partial charge in [-0.15, -0.1) is 0 Å². The molecule has 5 rings (SSSR count). The number of ether oxygens (including phenoxy) is 7. The quantitative estimate of drug-likeness (QED) is 0.0869. The van der Waals surface area contributed by atoms with Crippen LogP contribution in [0.1, 0.15) is 136 Å². The highest BCUT2D eigenvalue weighted by Gasteiger charge is 2.50. The molecule has 58 heavy (non-hydrogen) atoms. The van der Waals surface area contributed by atoms with E-state index in [2.05, 4.69) is 79.7 Å². The summed E-state index contributed by atoms with van der Waals surface area (Å²) in [5, 5.41) is 0. The fourth-order valence-electron chi connectivity index (χ4n) is 8.05. The van der Waals surface area contributed by atoms with Gasteiger partial charge in [0.25, 0.3) is 0 Å². The number of hydrogen-bond donors (Lipinski definition) is 0. The third-order valence-corrected chi connectivity index (χ3v) is 11.1. The Bertz CT molecular complexity index is 1690. The summed E-state index contributed by atoms with van der Waals surface area (Å²) in [5.74, 6) is 17.0. The molecule has 7 heteroatoms. The zero-order valence-electron chi connectivity index (χ0n) is 35.8. The van der Waals surface area contributed by atoms with Crippen molar-refractivity contribution < 1.29 is 33.2 Å². The Morgan fingerprint density at radius 1 is 0.759 bits per heavy atom. The first-order chi connectivity index (χ1) is 28.4. The van der Waals surface area contributed by atoms with E-state index in [4.69, 9.17) is 33.2 Å². The smallest absolute Gasteiger partial charge is 0.224 e. The Morgan fingerprint density at radius 2 is 1.36 bits per heavy atom. The largest absolute Gasteiger partial charge is 0.487 e. The molecule has 0 spiro atoms. The minimum Gasteiger partial charge on any atom is -0.487 e. The summed E-state index contributed by atoms with van der Waals surface area (Å²) in [7, 11) is 0. The first-order valence-electron chi connectivity index (χ1n) is 22.1. The van der Waals surface area contributed by atoms with Crippen LogP contribution < -0.4 is 0 Å². The number of rotatable bonds is 22. The summed E-state index contributed by atoms with van der Waals surface area (Å²) >= 11 is 0. The molecule has 0 bridgehead atoms. The van der Waals surface area contributed by atoms with Gasteiger partial charge in [-0.3, -0.25) is 0 Å². The van der Waals surface area contributed by atoms with Crippen LogP contribution in [0.5, 0.6) is 0 Å². The highest BCUT2D eigenvalue weighted by Crippen LogP contribution is 2.38. The molecule has 0 saturated carbocycles. The second-order valence-electron chi connectivity index (χ2n) is 16.4. The summed E-state index contributed by atoms with van der Waals surface area (Å²) in [5.41, 5.74) is 2.12. The first kappa shape index (κ1) is 45.5. The highest BCUT2D eigenvalue weighted by atomic mass is 16.8. The average Bonchev–Trinajstić information content (AvgIpc) is 3.56. The SMILES string of the molecule is CC#CC#CC#CC1OCC2OC(=CC[C@H](C)[C@@H]3OC(C)(C)OC3CCCCCCCCCCCCCC)C(OCc3ccccc3)[C@H](OCc3ccccc3)[C@H]2O1. The molecule has 314 valence electrons. The molecular formula is C51H68O7. The van der Waals surface area contributed by atoms with Crippen molar-refractivity contribution in [3.63, 3.8) is 0 Å². The van der Waals surface area contributed by atoms with Crippen molar-refractivity contribution in [3.05, 3.63) is 83.6 Å². The highest BCUT2D eigenvalue weighted by molar-refractivity contribution is 5.35. The van der Waals surface area contributed by atoms with Crippen molar-refractivity contribution in [1.82, 2.24) is 0 Å². The second-order valence-corrected chi connectivity index (χ2v) is 16.4. The van der Waals surface area contributed by atoms with Gasteiger partial charge in [0.1, 0.15) is 24.1 Å². The van der Waals surface area contributed by atoms with Crippen LogP contribution in [0.25, 0.3) is 0 Å². The minimum atomic E-state index is -0.790. The Kier molecular flexibility index (Phi) is 19.7. The maximum Gasteiger partial charge on any atom is 0.224 e. The van der Waals surface area contributed by atoms with Crippen molar-refractivity contribution in [1.29, 1.82) is 0 Å². The molecule has 8 atom stereocenters. The van der Waals surface area contributed by atoms with Crippen molar-refractivity contribution in [2.45, 2.75) is 186 Å². The van der Waals surface area contributed by atoms with E-state index in [9.17, 15) is 0 Å². The minimum absolute atomic E-state index is 0.0307. The van der Waals surface area contributed by atoms with E-state index in [1.165, 1.54) is 70.6 Å². The van der Waals surface area contributed by atoms with Gasteiger partial charge in [0.2, 0.25) is 6.29 Å². The third-order valence-electron chi connectivity index (χ3n) is 11.1. The molecular weight excluding hydrogens is 725 g/mol. The number of benzene rings is 2. The van der Waals surface area contributed by atoms with Crippen molar-refractivity contribution in [3.8, 4) is 35.5 Å². The third kappa shape index (κ3) is 15.2. The van der Waals surface area contributed by atoms with Gasteiger partial charge < -0.3 is 33.2 Å². The van der Waals surface area contributed by atoms with E-state index in [0.717, 1.165) is 36.1 Å². The Hall–Kier alpha value is -3.58. The standard InChI is InChI=1S/C51H68O7/c1-6-8-10-12-13-14-15-16-17-18-20-27-33-44-47(58-51(4,5)57-44)40(3)35-36-43-48(53-37-41-29-23-21-24-30-41)50(54-38-42-31-25-22-26-32-42)49-45(55-43)39-52-46(56-49)34-28-19-11-9-7-2/h21-26,29-32,36,40,44-50H,6,8,10,12-18,20,27,33,35,37-39H2,1-5H3/t40-,44?,45?,46?,47-,48?,49-,50-/m0/s1. The second kappa shape index (κ2) is 25.1. The fraction of sp³-hybridized carbons (Fsp3) is 0.608. The molecule has 0 amide bonds. The average molecular weight is 793 g/mol. The van der Waals surface area contributed by atoms with Gasteiger partial charge >= 0.3 is 0 Å². The van der Waals surface area contributed by atoms with E-state index >= 15 is 0 Å². The van der Waals surface area contributed by atoms with Gasteiger partial charge in [-0.2, -0.15) is 0 Å². The number of unbranched alkanes of at least 4 members (excludes halogenated alkanes) is 11. The van der Waals surface area contributed by atoms with Crippen LogP contribution in [-0.4, -0.2) is 55.3 Å². The van der Waals surface area contributed by atoms with Crippen LogP contribution >= 0.6 is 0 Å². The lowest BCUT2D eigenvalue weighted by molar-refractivity contribution is -0.293.